The van der Waals surface area contributed by atoms with Gasteiger partial charge in [-0.3, -0.25) is 14.9 Å². The van der Waals surface area contributed by atoms with Crippen molar-refractivity contribution in [3.63, 3.8) is 0 Å². The number of nitro groups is 1. The molecule has 0 aliphatic carbocycles. The van der Waals surface area contributed by atoms with E-state index < -0.39 is 4.92 Å². The molecule has 1 aromatic carbocycles. The van der Waals surface area contributed by atoms with Gasteiger partial charge in [-0.2, -0.15) is 0 Å². The summed E-state index contributed by atoms with van der Waals surface area (Å²) in [6.07, 6.45) is 2.04. The van der Waals surface area contributed by atoms with Gasteiger partial charge in [0, 0.05) is 24.2 Å². The molecule has 1 fully saturated rings. The average Bonchev–Trinajstić information content (AvgIpc) is 2.48. The van der Waals surface area contributed by atoms with Gasteiger partial charge in [-0.1, -0.05) is 18.2 Å². The third-order valence-electron chi connectivity index (χ3n) is 4.16. The van der Waals surface area contributed by atoms with Crippen LogP contribution in [0.1, 0.15) is 25.3 Å². The fraction of sp³-hybridized carbons (Fsp3) is 0.533. The minimum atomic E-state index is -0.440. The summed E-state index contributed by atoms with van der Waals surface area (Å²) in [6.45, 7) is 3.24. The SMILES string of the molecule is CC1CCC(CN)CN1C(=O)Cc1ccccc1[N+](=O)[O-]. The van der Waals surface area contributed by atoms with Gasteiger partial charge in [0.1, 0.15) is 0 Å². The van der Waals surface area contributed by atoms with Gasteiger partial charge in [0.2, 0.25) is 5.91 Å². The molecule has 6 heteroatoms. The number of rotatable bonds is 4. The van der Waals surface area contributed by atoms with Crippen LogP contribution in [-0.2, 0) is 11.2 Å². The first kappa shape index (κ1) is 15.4. The van der Waals surface area contributed by atoms with Crippen molar-refractivity contribution in [3.05, 3.63) is 39.9 Å². The fourth-order valence-electron chi connectivity index (χ4n) is 2.83. The van der Waals surface area contributed by atoms with Gasteiger partial charge in [-0.15, -0.1) is 0 Å². The van der Waals surface area contributed by atoms with E-state index in [0.29, 0.717) is 24.6 Å². The largest absolute Gasteiger partial charge is 0.339 e. The third-order valence-corrected chi connectivity index (χ3v) is 4.16. The maximum absolute atomic E-state index is 12.5. The summed E-state index contributed by atoms with van der Waals surface area (Å²) < 4.78 is 0. The summed E-state index contributed by atoms with van der Waals surface area (Å²) in [6, 6.07) is 6.58. The second-order valence-electron chi connectivity index (χ2n) is 5.64. The van der Waals surface area contributed by atoms with Crippen LogP contribution < -0.4 is 5.73 Å². The zero-order chi connectivity index (χ0) is 15.4. The molecule has 0 spiro atoms. The molecule has 1 aromatic rings. The van der Waals surface area contributed by atoms with Crippen molar-refractivity contribution in [3.8, 4) is 0 Å². The van der Waals surface area contributed by atoms with Crippen LogP contribution in [0, 0.1) is 16.0 Å². The Hall–Kier alpha value is -1.95. The summed E-state index contributed by atoms with van der Waals surface area (Å²) in [4.78, 5) is 24.9. The molecule has 1 amide bonds. The van der Waals surface area contributed by atoms with Crippen LogP contribution in [0.4, 0.5) is 5.69 Å². The van der Waals surface area contributed by atoms with Crippen molar-refractivity contribution in [1.82, 2.24) is 4.90 Å². The lowest BCUT2D eigenvalue weighted by atomic mass is 9.93. The maximum Gasteiger partial charge on any atom is 0.273 e. The minimum Gasteiger partial charge on any atom is -0.339 e. The van der Waals surface area contributed by atoms with Crippen molar-refractivity contribution in [1.29, 1.82) is 0 Å². The Labute approximate surface area is 124 Å². The Morgan fingerprint density at radius 1 is 1.43 bits per heavy atom. The number of carbonyl (C=O) groups excluding carboxylic acids is 1. The number of likely N-dealkylation sites (tertiary alicyclic amines) is 1. The molecule has 0 saturated carbocycles. The van der Waals surface area contributed by atoms with Gasteiger partial charge in [0.25, 0.3) is 5.69 Å². The number of nitrogens with zero attached hydrogens (tertiary/aromatic N) is 2. The number of hydrogen-bond acceptors (Lipinski definition) is 4. The van der Waals surface area contributed by atoms with Crippen LogP contribution in [0.15, 0.2) is 24.3 Å². The maximum atomic E-state index is 12.5. The van der Waals surface area contributed by atoms with Crippen LogP contribution in [-0.4, -0.2) is 34.9 Å². The Bertz CT molecular complexity index is 533. The highest BCUT2D eigenvalue weighted by Gasteiger charge is 2.29. The number of piperidine rings is 1. The summed E-state index contributed by atoms with van der Waals surface area (Å²) >= 11 is 0. The molecule has 1 aliphatic rings. The van der Waals surface area contributed by atoms with Crippen LogP contribution in [0.2, 0.25) is 0 Å². The Balaban J connectivity index is 2.12. The van der Waals surface area contributed by atoms with Crippen molar-refractivity contribution in [2.75, 3.05) is 13.1 Å². The predicted octanol–water partition coefficient (Wildman–Crippen LogP) is 1.72. The second-order valence-corrected chi connectivity index (χ2v) is 5.64. The van der Waals surface area contributed by atoms with E-state index in [0.717, 1.165) is 12.8 Å². The number of hydrogen-bond donors (Lipinski definition) is 1. The molecule has 2 rings (SSSR count). The molecule has 1 heterocycles. The zero-order valence-electron chi connectivity index (χ0n) is 12.2. The molecule has 0 bridgehead atoms. The molecular formula is C15H21N3O3. The van der Waals surface area contributed by atoms with Crippen LogP contribution in [0.25, 0.3) is 0 Å². The highest BCUT2D eigenvalue weighted by molar-refractivity contribution is 5.80. The summed E-state index contributed by atoms with van der Waals surface area (Å²) in [5, 5.41) is 11.0. The van der Waals surface area contributed by atoms with E-state index in [9.17, 15) is 14.9 Å². The monoisotopic (exact) mass is 291 g/mol. The number of nitrogens with two attached hydrogens (primary N) is 1. The first-order chi connectivity index (χ1) is 10.0. The predicted molar refractivity (Wildman–Crippen MR) is 79.8 cm³/mol. The lowest BCUT2D eigenvalue weighted by molar-refractivity contribution is -0.385. The second kappa shape index (κ2) is 6.67. The minimum absolute atomic E-state index is 0.00545. The van der Waals surface area contributed by atoms with Gasteiger partial charge in [-0.05, 0) is 32.2 Å². The summed E-state index contributed by atoms with van der Waals surface area (Å²) in [5.41, 5.74) is 6.17. The molecule has 114 valence electrons. The van der Waals surface area contributed by atoms with E-state index in [1.165, 1.54) is 6.07 Å². The van der Waals surface area contributed by atoms with Crippen molar-refractivity contribution < 1.29 is 9.72 Å². The molecule has 0 aromatic heterocycles. The first-order valence-electron chi connectivity index (χ1n) is 7.24. The molecule has 2 unspecified atom stereocenters. The lowest BCUT2D eigenvalue weighted by Gasteiger charge is -2.37. The van der Waals surface area contributed by atoms with E-state index in [1.807, 2.05) is 11.8 Å². The molecular weight excluding hydrogens is 270 g/mol. The van der Waals surface area contributed by atoms with Gasteiger partial charge in [0.15, 0.2) is 0 Å². The van der Waals surface area contributed by atoms with Gasteiger partial charge >= 0.3 is 0 Å². The number of amides is 1. The smallest absolute Gasteiger partial charge is 0.273 e. The zero-order valence-corrected chi connectivity index (χ0v) is 12.2. The molecule has 6 nitrogen and oxygen atoms in total. The van der Waals surface area contributed by atoms with Crippen molar-refractivity contribution in [2.45, 2.75) is 32.2 Å². The third kappa shape index (κ3) is 3.58. The van der Waals surface area contributed by atoms with E-state index >= 15 is 0 Å². The van der Waals surface area contributed by atoms with E-state index in [4.69, 9.17) is 5.73 Å². The Morgan fingerprint density at radius 2 is 2.14 bits per heavy atom. The topological polar surface area (TPSA) is 89.5 Å². The molecule has 0 radical (unpaired) electrons. The summed E-state index contributed by atoms with van der Waals surface area (Å²) in [5.74, 6) is 0.269. The van der Waals surface area contributed by atoms with E-state index in [1.54, 1.807) is 18.2 Å². The Kier molecular flexibility index (Phi) is 4.90. The highest BCUT2D eigenvalue weighted by atomic mass is 16.6. The van der Waals surface area contributed by atoms with E-state index in [-0.39, 0.29) is 24.1 Å². The Morgan fingerprint density at radius 3 is 2.81 bits per heavy atom. The molecule has 2 N–H and O–H groups in total. The highest BCUT2D eigenvalue weighted by Crippen LogP contribution is 2.24. The van der Waals surface area contributed by atoms with E-state index in [2.05, 4.69) is 0 Å². The molecule has 1 aliphatic heterocycles. The standard InChI is InChI=1S/C15H21N3O3/c1-11-6-7-12(9-16)10-17(11)15(19)8-13-4-2-3-5-14(13)18(20)21/h2-5,11-12H,6-10,16H2,1H3. The number of carbonyl (C=O) groups is 1. The molecule has 1 saturated heterocycles. The normalized spacial score (nSPS) is 22.1. The average molecular weight is 291 g/mol. The number of para-hydroxylation sites is 1. The number of benzene rings is 1. The van der Waals surface area contributed by atoms with Crippen molar-refractivity contribution in [2.24, 2.45) is 11.7 Å². The van der Waals surface area contributed by atoms with Gasteiger partial charge in [-0.25, -0.2) is 0 Å². The first-order valence-corrected chi connectivity index (χ1v) is 7.24. The quantitative estimate of drug-likeness (QED) is 0.675. The summed E-state index contributed by atoms with van der Waals surface area (Å²) in [7, 11) is 0. The van der Waals surface area contributed by atoms with Crippen molar-refractivity contribution >= 4 is 11.6 Å². The number of nitro benzene ring substituents is 1. The molecule has 21 heavy (non-hydrogen) atoms. The van der Waals surface area contributed by atoms with Crippen LogP contribution in [0.3, 0.4) is 0 Å². The molecule has 2 atom stereocenters. The lowest BCUT2D eigenvalue weighted by Crippen LogP contribution is -2.47. The van der Waals surface area contributed by atoms with Crippen LogP contribution in [0.5, 0.6) is 0 Å². The van der Waals surface area contributed by atoms with Crippen LogP contribution >= 0.6 is 0 Å². The fourth-order valence-corrected chi connectivity index (χ4v) is 2.83. The van der Waals surface area contributed by atoms with Gasteiger partial charge < -0.3 is 10.6 Å². The van der Waals surface area contributed by atoms with Gasteiger partial charge in [0.05, 0.1) is 11.3 Å².